The van der Waals surface area contributed by atoms with Gasteiger partial charge in [0.1, 0.15) is 11.3 Å². The Bertz CT molecular complexity index is 443. The SMILES string of the molecule is COc1cccc(N)c1C(=O)OCCC(C)(C)OC. The molecule has 5 heteroatoms. The third kappa shape index (κ3) is 4.13. The Morgan fingerprint density at radius 1 is 1.32 bits per heavy atom. The third-order valence-corrected chi connectivity index (χ3v) is 2.97. The van der Waals surface area contributed by atoms with Crippen LogP contribution in [0.5, 0.6) is 5.75 Å². The summed E-state index contributed by atoms with van der Waals surface area (Å²) >= 11 is 0. The predicted molar refractivity (Wildman–Crippen MR) is 73.4 cm³/mol. The van der Waals surface area contributed by atoms with Gasteiger partial charge in [-0.25, -0.2) is 4.79 Å². The fraction of sp³-hybridized carbons (Fsp3) is 0.500. The Hall–Kier alpha value is -1.75. The van der Waals surface area contributed by atoms with Gasteiger partial charge in [-0.05, 0) is 26.0 Å². The largest absolute Gasteiger partial charge is 0.496 e. The Morgan fingerprint density at radius 3 is 2.58 bits per heavy atom. The maximum atomic E-state index is 12.0. The average Bonchev–Trinajstić information content (AvgIpc) is 2.37. The van der Waals surface area contributed by atoms with Crippen LogP contribution in [0.25, 0.3) is 0 Å². The molecule has 0 aliphatic heterocycles. The maximum Gasteiger partial charge on any atom is 0.344 e. The quantitative estimate of drug-likeness (QED) is 0.632. The Kier molecular flexibility index (Phi) is 5.18. The van der Waals surface area contributed by atoms with Crippen molar-refractivity contribution < 1.29 is 19.0 Å². The van der Waals surface area contributed by atoms with E-state index in [0.29, 0.717) is 17.9 Å². The lowest BCUT2D eigenvalue weighted by Crippen LogP contribution is -2.25. The van der Waals surface area contributed by atoms with Gasteiger partial charge in [-0.1, -0.05) is 6.07 Å². The molecule has 1 aromatic carbocycles. The zero-order chi connectivity index (χ0) is 14.5. The molecule has 1 aromatic rings. The zero-order valence-electron chi connectivity index (χ0n) is 11.9. The van der Waals surface area contributed by atoms with E-state index in [-0.39, 0.29) is 17.8 Å². The van der Waals surface area contributed by atoms with E-state index in [2.05, 4.69) is 0 Å². The number of carbonyl (C=O) groups is 1. The lowest BCUT2D eigenvalue weighted by Gasteiger charge is -2.22. The molecule has 0 bridgehead atoms. The highest BCUT2D eigenvalue weighted by atomic mass is 16.5. The standard InChI is InChI=1S/C14H21NO4/c1-14(2,18-4)8-9-19-13(16)12-10(15)6-5-7-11(12)17-3/h5-7H,8-9,15H2,1-4H3. The molecule has 5 nitrogen and oxygen atoms in total. The fourth-order valence-corrected chi connectivity index (χ4v) is 1.50. The van der Waals surface area contributed by atoms with Crippen LogP contribution < -0.4 is 10.5 Å². The number of benzene rings is 1. The minimum absolute atomic E-state index is 0.261. The van der Waals surface area contributed by atoms with E-state index < -0.39 is 5.97 Å². The molecule has 0 aliphatic rings. The number of hydrogen-bond acceptors (Lipinski definition) is 5. The van der Waals surface area contributed by atoms with E-state index in [1.807, 2.05) is 13.8 Å². The van der Waals surface area contributed by atoms with Crippen molar-refractivity contribution in [3.8, 4) is 5.75 Å². The van der Waals surface area contributed by atoms with Gasteiger partial charge in [-0.3, -0.25) is 0 Å². The second-order valence-corrected chi connectivity index (χ2v) is 4.77. The van der Waals surface area contributed by atoms with Crippen LogP contribution in [0.4, 0.5) is 5.69 Å². The summed E-state index contributed by atoms with van der Waals surface area (Å²) in [6, 6.07) is 5.03. The van der Waals surface area contributed by atoms with Crippen molar-refractivity contribution >= 4 is 11.7 Å². The smallest absolute Gasteiger partial charge is 0.344 e. The molecule has 0 unspecified atom stereocenters. The van der Waals surface area contributed by atoms with Crippen molar-refractivity contribution in [2.45, 2.75) is 25.9 Å². The van der Waals surface area contributed by atoms with Crippen molar-refractivity contribution in [1.29, 1.82) is 0 Å². The van der Waals surface area contributed by atoms with Crippen LogP contribution in [0, 0.1) is 0 Å². The molecule has 2 N–H and O–H groups in total. The van der Waals surface area contributed by atoms with E-state index in [1.165, 1.54) is 7.11 Å². The average molecular weight is 267 g/mol. The lowest BCUT2D eigenvalue weighted by atomic mass is 10.1. The molecule has 0 saturated carbocycles. The molecule has 0 aliphatic carbocycles. The molecule has 0 amide bonds. The second-order valence-electron chi connectivity index (χ2n) is 4.77. The first-order valence-electron chi connectivity index (χ1n) is 6.06. The van der Waals surface area contributed by atoms with Crippen molar-refractivity contribution in [1.82, 2.24) is 0 Å². The highest BCUT2D eigenvalue weighted by molar-refractivity contribution is 5.98. The van der Waals surface area contributed by atoms with Crippen LogP contribution >= 0.6 is 0 Å². The molecule has 0 saturated heterocycles. The highest BCUT2D eigenvalue weighted by Crippen LogP contribution is 2.25. The molecule has 0 radical (unpaired) electrons. The summed E-state index contributed by atoms with van der Waals surface area (Å²) in [6.07, 6.45) is 0.601. The van der Waals surface area contributed by atoms with Crippen LogP contribution in [-0.2, 0) is 9.47 Å². The van der Waals surface area contributed by atoms with Crippen LogP contribution in [0.3, 0.4) is 0 Å². The van der Waals surface area contributed by atoms with Crippen molar-refractivity contribution in [3.63, 3.8) is 0 Å². The van der Waals surface area contributed by atoms with Gasteiger partial charge in [0.25, 0.3) is 0 Å². The molecule has 0 atom stereocenters. The Morgan fingerprint density at radius 2 is 2.00 bits per heavy atom. The van der Waals surface area contributed by atoms with Gasteiger partial charge in [0.05, 0.1) is 19.3 Å². The maximum absolute atomic E-state index is 12.0. The summed E-state index contributed by atoms with van der Waals surface area (Å²) in [6.45, 7) is 4.12. The minimum atomic E-state index is -0.484. The highest BCUT2D eigenvalue weighted by Gasteiger charge is 2.20. The van der Waals surface area contributed by atoms with Crippen molar-refractivity contribution in [2.75, 3.05) is 26.6 Å². The van der Waals surface area contributed by atoms with Crippen molar-refractivity contribution in [2.24, 2.45) is 0 Å². The van der Waals surface area contributed by atoms with Crippen LogP contribution in [0.15, 0.2) is 18.2 Å². The Labute approximate surface area is 113 Å². The first-order chi connectivity index (χ1) is 8.91. The molecular weight excluding hydrogens is 246 g/mol. The number of rotatable bonds is 6. The second kappa shape index (κ2) is 6.43. The van der Waals surface area contributed by atoms with Gasteiger partial charge in [0.2, 0.25) is 0 Å². The van der Waals surface area contributed by atoms with Gasteiger partial charge >= 0.3 is 5.97 Å². The van der Waals surface area contributed by atoms with Gasteiger partial charge < -0.3 is 19.9 Å². The number of ether oxygens (including phenoxy) is 3. The first-order valence-corrected chi connectivity index (χ1v) is 6.06. The van der Waals surface area contributed by atoms with Gasteiger partial charge in [0, 0.05) is 19.2 Å². The molecule has 106 valence electrons. The van der Waals surface area contributed by atoms with E-state index in [9.17, 15) is 4.79 Å². The van der Waals surface area contributed by atoms with E-state index >= 15 is 0 Å². The van der Waals surface area contributed by atoms with Gasteiger partial charge in [-0.2, -0.15) is 0 Å². The third-order valence-electron chi connectivity index (χ3n) is 2.97. The van der Waals surface area contributed by atoms with E-state index in [4.69, 9.17) is 19.9 Å². The number of esters is 1. The predicted octanol–water partition coefficient (Wildman–Crippen LogP) is 2.25. The number of hydrogen-bond donors (Lipinski definition) is 1. The van der Waals surface area contributed by atoms with E-state index in [1.54, 1.807) is 25.3 Å². The lowest BCUT2D eigenvalue weighted by molar-refractivity contribution is -0.00566. The molecule has 0 spiro atoms. The van der Waals surface area contributed by atoms with E-state index in [0.717, 1.165) is 0 Å². The minimum Gasteiger partial charge on any atom is -0.496 e. The summed E-state index contributed by atoms with van der Waals surface area (Å²) in [5.41, 5.74) is 6.06. The molecule has 1 rings (SSSR count). The Balaban J connectivity index is 2.69. The summed E-state index contributed by atoms with van der Waals surface area (Å²) in [5.74, 6) is -0.0714. The normalized spacial score (nSPS) is 11.2. The molecular formula is C14H21NO4. The summed E-state index contributed by atoms with van der Waals surface area (Å²) in [7, 11) is 3.11. The number of anilines is 1. The number of methoxy groups -OCH3 is 2. The number of nitrogen functional groups attached to an aromatic ring is 1. The monoisotopic (exact) mass is 267 g/mol. The summed E-state index contributed by atoms with van der Waals surface area (Å²) in [5, 5.41) is 0. The topological polar surface area (TPSA) is 70.8 Å². The molecule has 19 heavy (non-hydrogen) atoms. The summed E-state index contributed by atoms with van der Waals surface area (Å²) < 4.78 is 15.6. The van der Waals surface area contributed by atoms with Crippen LogP contribution in [-0.4, -0.2) is 32.4 Å². The first kappa shape index (κ1) is 15.3. The van der Waals surface area contributed by atoms with Gasteiger partial charge in [0.15, 0.2) is 0 Å². The molecule has 0 heterocycles. The fourth-order valence-electron chi connectivity index (χ4n) is 1.50. The zero-order valence-corrected chi connectivity index (χ0v) is 11.9. The molecule has 0 fully saturated rings. The number of carbonyl (C=O) groups excluding carboxylic acids is 1. The number of nitrogens with two attached hydrogens (primary N) is 1. The van der Waals surface area contributed by atoms with Gasteiger partial charge in [-0.15, -0.1) is 0 Å². The molecule has 0 aromatic heterocycles. The van der Waals surface area contributed by atoms with Crippen LogP contribution in [0.2, 0.25) is 0 Å². The summed E-state index contributed by atoms with van der Waals surface area (Å²) in [4.78, 5) is 12.0. The van der Waals surface area contributed by atoms with Crippen LogP contribution in [0.1, 0.15) is 30.6 Å². The van der Waals surface area contributed by atoms with Crippen molar-refractivity contribution in [3.05, 3.63) is 23.8 Å².